The zero-order valence-electron chi connectivity index (χ0n) is 17.6. The fraction of sp³-hybridized carbons (Fsp3) is 0.435. The molecule has 3 rings (SSSR count). The van der Waals surface area contributed by atoms with E-state index in [1.54, 1.807) is 18.2 Å². The number of piperidine rings is 1. The van der Waals surface area contributed by atoms with Crippen molar-refractivity contribution in [3.63, 3.8) is 0 Å². The topological polar surface area (TPSA) is 66.5 Å². The summed E-state index contributed by atoms with van der Waals surface area (Å²) in [6, 6.07) is 12.3. The third-order valence-electron chi connectivity index (χ3n) is 5.73. The van der Waals surface area contributed by atoms with E-state index in [1.165, 1.54) is 10.4 Å². The summed E-state index contributed by atoms with van der Waals surface area (Å²) >= 11 is 0. The summed E-state index contributed by atoms with van der Waals surface area (Å²) in [4.78, 5) is 13.0. The largest absolute Gasteiger partial charge is 0.346 e. The molecule has 1 aliphatic heterocycles. The van der Waals surface area contributed by atoms with E-state index < -0.39 is 10.0 Å². The lowest BCUT2D eigenvalue weighted by molar-refractivity contribution is 0.0939. The van der Waals surface area contributed by atoms with E-state index in [2.05, 4.69) is 18.3 Å². The smallest absolute Gasteiger partial charge is 0.251 e. The van der Waals surface area contributed by atoms with Gasteiger partial charge in [0.1, 0.15) is 0 Å². The van der Waals surface area contributed by atoms with Crippen molar-refractivity contribution in [1.82, 2.24) is 9.62 Å². The summed E-state index contributed by atoms with van der Waals surface area (Å²) in [7, 11) is -3.58. The molecule has 1 fully saturated rings. The van der Waals surface area contributed by atoms with Crippen molar-refractivity contribution in [3.05, 3.63) is 64.7 Å². The highest BCUT2D eigenvalue weighted by Gasteiger charge is 2.28. The maximum absolute atomic E-state index is 13.0. The molecule has 0 saturated carbocycles. The lowest BCUT2D eigenvalue weighted by Crippen LogP contribution is -2.38. The van der Waals surface area contributed by atoms with Crippen LogP contribution in [0.15, 0.2) is 47.4 Å². The first-order valence-electron chi connectivity index (χ1n) is 10.2. The molecule has 29 heavy (non-hydrogen) atoms. The van der Waals surface area contributed by atoms with Crippen molar-refractivity contribution in [1.29, 1.82) is 0 Å². The molecule has 1 aliphatic rings. The van der Waals surface area contributed by atoms with Gasteiger partial charge in [0.25, 0.3) is 5.91 Å². The molecular weight excluding hydrogens is 384 g/mol. The maximum Gasteiger partial charge on any atom is 0.251 e. The second kappa shape index (κ2) is 8.67. The second-order valence-corrected chi connectivity index (χ2v) is 10.1. The van der Waals surface area contributed by atoms with Crippen molar-refractivity contribution in [2.24, 2.45) is 5.92 Å². The number of benzene rings is 2. The Balaban J connectivity index is 1.78. The van der Waals surface area contributed by atoms with E-state index in [-0.39, 0.29) is 16.8 Å². The first-order valence-corrected chi connectivity index (χ1v) is 11.6. The number of rotatable bonds is 5. The number of amides is 1. The van der Waals surface area contributed by atoms with Gasteiger partial charge in [-0.2, -0.15) is 4.31 Å². The van der Waals surface area contributed by atoms with Gasteiger partial charge >= 0.3 is 0 Å². The van der Waals surface area contributed by atoms with Crippen LogP contribution >= 0.6 is 0 Å². The number of sulfonamides is 1. The van der Waals surface area contributed by atoms with E-state index in [0.29, 0.717) is 24.6 Å². The van der Waals surface area contributed by atoms with Crippen LogP contribution in [0, 0.1) is 19.8 Å². The van der Waals surface area contributed by atoms with Crippen LogP contribution in [0.3, 0.4) is 0 Å². The van der Waals surface area contributed by atoms with E-state index in [9.17, 15) is 13.2 Å². The van der Waals surface area contributed by atoms with Crippen molar-refractivity contribution >= 4 is 15.9 Å². The van der Waals surface area contributed by atoms with Crippen LogP contribution in [0.2, 0.25) is 0 Å². The Morgan fingerprint density at radius 1 is 1.10 bits per heavy atom. The average Bonchev–Trinajstić information content (AvgIpc) is 2.70. The normalized spacial score (nSPS) is 17.1. The van der Waals surface area contributed by atoms with Gasteiger partial charge in [-0.15, -0.1) is 0 Å². The molecule has 0 spiro atoms. The van der Waals surface area contributed by atoms with E-state index in [1.807, 2.05) is 32.9 Å². The quantitative estimate of drug-likeness (QED) is 0.797. The fourth-order valence-electron chi connectivity index (χ4n) is 3.76. The standard InChI is InChI=1S/C23H30N2O3S/c1-16-10-12-25(13-11-16)29(27,28)21-7-5-6-20(15-21)23(26)24-19(4)22-14-17(2)8-9-18(22)3/h5-9,14-16,19H,10-13H2,1-4H3,(H,24,26). The van der Waals surface area contributed by atoms with Gasteiger partial charge in [0, 0.05) is 18.7 Å². The molecule has 1 unspecified atom stereocenters. The van der Waals surface area contributed by atoms with Crippen molar-refractivity contribution in [2.45, 2.75) is 51.5 Å². The zero-order chi connectivity index (χ0) is 21.2. The molecule has 2 aromatic carbocycles. The first-order chi connectivity index (χ1) is 13.7. The Kier molecular flexibility index (Phi) is 6.44. The summed E-state index contributed by atoms with van der Waals surface area (Å²) in [6.07, 6.45) is 1.74. The third-order valence-corrected chi connectivity index (χ3v) is 7.62. The summed E-state index contributed by atoms with van der Waals surface area (Å²) in [5.74, 6) is 0.271. The Bertz CT molecular complexity index is 993. The van der Waals surface area contributed by atoms with Crippen LogP contribution in [-0.4, -0.2) is 31.7 Å². The van der Waals surface area contributed by atoms with Gasteiger partial charge in [-0.3, -0.25) is 4.79 Å². The molecule has 0 aliphatic carbocycles. The number of carbonyl (C=O) groups is 1. The molecule has 1 atom stereocenters. The Hall–Kier alpha value is -2.18. The van der Waals surface area contributed by atoms with Crippen LogP contribution in [0.25, 0.3) is 0 Å². The molecule has 0 bridgehead atoms. The van der Waals surface area contributed by atoms with Gasteiger partial charge < -0.3 is 5.32 Å². The highest BCUT2D eigenvalue weighted by atomic mass is 32.2. The van der Waals surface area contributed by atoms with Crippen molar-refractivity contribution in [2.75, 3.05) is 13.1 Å². The van der Waals surface area contributed by atoms with Gasteiger partial charge in [0.2, 0.25) is 10.0 Å². The Labute approximate surface area is 174 Å². The lowest BCUT2D eigenvalue weighted by atomic mass is 10.00. The van der Waals surface area contributed by atoms with Crippen molar-refractivity contribution in [3.8, 4) is 0 Å². The number of hydrogen-bond acceptors (Lipinski definition) is 3. The summed E-state index contributed by atoms with van der Waals surface area (Å²) in [5, 5.41) is 3.00. The second-order valence-electron chi connectivity index (χ2n) is 8.17. The SMILES string of the molecule is Cc1ccc(C)c(C(C)NC(=O)c2cccc(S(=O)(=O)N3CCC(C)CC3)c2)c1. The minimum atomic E-state index is -3.58. The van der Waals surface area contributed by atoms with Gasteiger partial charge in [-0.25, -0.2) is 8.42 Å². The molecule has 156 valence electrons. The molecular formula is C23H30N2O3S. The number of aryl methyl sites for hydroxylation is 2. The summed E-state index contributed by atoms with van der Waals surface area (Å²) < 4.78 is 27.5. The van der Waals surface area contributed by atoms with Gasteiger partial charge in [-0.1, -0.05) is 36.8 Å². The molecule has 5 nitrogen and oxygen atoms in total. The van der Waals surface area contributed by atoms with Crippen LogP contribution < -0.4 is 5.32 Å². The molecule has 1 N–H and O–H groups in total. The lowest BCUT2D eigenvalue weighted by Gasteiger charge is -2.29. The fourth-order valence-corrected chi connectivity index (χ4v) is 5.27. The van der Waals surface area contributed by atoms with Gasteiger partial charge in [-0.05, 0) is 68.9 Å². The van der Waals surface area contributed by atoms with E-state index in [4.69, 9.17) is 0 Å². The molecule has 6 heteroatoms. The Morgan fingerprint density at radius 3 is 2.48 bits per heavy atom. The van der Waals surface area contributed by atoms with E-state index in [0.717, 1.165) is 29.5 Å². The predicted molar refractivity (Wildman–Crippen MR) is 115 cm³/mol. The Morgan fingerprint density at radius 2 is 1.79 bits per heavy atom. The van der Waals surface area contributed by atoms with Crippen LogP contribution in [0.1, 0.15) is 59.8 Å². The van der Waals surface area contributed by atoms with Crippen molar-refractivity contribution < 1.29 is 13.2 Å². The van der Waals surface area contributed by atoms with Crippen LogP contribution in [-0.2, 0) is 10.0 Å². The van der Waals surface area contributed by atoms with Gasteiger partial charge in [0.05, 0.1) is 10.9 Å². The van der Waals surface area contributed by atoms with Crippen LogP contribution in [0.5, 0.6) is 0 Å². The molecule has 1 heterocycles. The summed E-state index contributed by atoms with van der Waals surface area (Å²) in [6.45, 7) is 9.19. The monoisotopic (exact) mass is 414 g/mol. The first kappa shape index (κ1) is 21.5. The molecule has 0 aromatic heterocycles. The molecule has 1 saturated heterocycles. The number of nitrogens with zero attached hydrogens (tertiary/aromatic N) is 1. The number of carbonyl (C=O) groups excluding carboxylic acids is 1. The molecule has 2 aromatic rings. The number of hydrogen-bond donors (Lipinski definition) is 1. The predicted octanol–water partition coefficient (Wildman–Crippen LogP) is 4.22. The maximum atomic E-state index is 13.0. The molecule has 0 radical (unpaired) electrons. The minimum Gasteiger partial charge on any atom is -0.346 e. The van der Waals surface area contributed by atoms with E-state index >= 15 is 0 Å². The number of nitrogens with one attached hydrogen (secondary N) is 1. The third kappa shape index (κ3) is 4.87. The highest BCUT2D eigenvalue weighted by molar-refractivity contribution is 7.89. The van der Waals surface area contributed by atoms with Gasteiger partial charge in [0.15, 0.2) is 0 Å². The van der Waals surface area contributed by atoms with Crippen LogP contribution in [0.4, 0.5) is 0 Å². The highest BCUT2D eigenvalue weighted by Crippen LogP contribution is 2.24. The molecule has 1 amide bonds. The summed E-state index contributed by atoms with van der Waals surface area (Å²) in [5.41, 5.74) is 3.66. The minimum absolute atomic E-state index is 0.175. The average molecular weight is 415 g/mol. The zero-order valence-corrected chi connectivity index (χ0v) is 18.4.